The van der Waals surface area contributed by atoms with Crippen LogP contribution in [0, 0.1) is 0 Å². The molecule has 2 rings (SSSR count). The number of hydrogen-bond acceptors (Lipinski definition) is 4. The van der Waals surface area contributed by atoms with Crippen LogP contribution in [0.25, 0.3) is 0 Å². The van der Waals surface area contributed by atoms with E-state index in [9.17, 15) is 0 Å². The maximum absolute atomic E-state index is 8.14. The van der Waals surface area contributed by atoms with E-state index in [2.05, 4.69) is 25.9 Å². The topological polar surface area (TPSA) is 32.3 Å². The van der Waals surface area contributed by atoms with Gasteiger partial charge >= 0.3 is 0 Å². The molecule has 82 valence electrons. The molecule has 0 bridgehead atoms. The fourth-order valence-electron chi connectivity index (χ4n) is 0.817. The summed E-state index contributed by atoms with van der Waals surface area (Å²) in [4.78, 5) is 6.55. The summed E-state index contributed by atoms with van der Waals surface area (Å²) in [6.07, 6.45) is -0.760. The summed E-state index contributed by atoms with van der Waals surface area (Å²) >= 11 is 8.69. The van der Waals surface area contributed by atoms with E-state index in [1.807, 2.05) is 0 Å². The molecule has 0 radical (unpaired) electrons. The van der Waals surface area contributed by atoms with Crippen LogP contribution < -0.4 is 4.90 Å². The van der Waals surface area contributed by atoms with Gasteiger partial charge in [-0.1, -0.05) is 11.6 Å². The average Bonchev–Trinajstić information content (AvgIpc) is 2.39. The van der Waals surface area contributed by atoms with Gasteiger partial charge in [-0.05, 0) is 22.9 Å². The maximum atomic E-state index is 8.14. The fourth-order valence-corrected chi connectivity index (χ4v) is 1.29. The third-order valence-electron chi connectivity index (χ3n) is 1.44. The zero-order chi connectivity index (χ0) is 21.4. The number of anilines is 1. The molecule has 1 fully saturated rings. The largest absolute Gasteiger partial charge is 0.353 e. The molecule has 0 amide bonds. The Morgan fingerprint density at radius 3 is 2.93 bits per heavy atom. The van der Waals surface area contributed by atoms with E-state index in [0.29, 0.717) is 0 Å². The Kier molecular flexibility index (Phi) is 1.10. The first-order chi connectivity index (χ1) is 11.8. The van der Waals surface area contributed by atoms with Crippen LogP contribution in [0.4, 0.5) is 5.82 Å². The monoisotopic (exact) mass is 302 g/mol. The van der Waals surface area contributed by atoms with Crippen molar-refractivity contribution in [2.45, 2.75) is 0 Å². The lowest BCUT2D eigenvalue weighted by atomic mass is 10.3. The molecular weight excluding hydrogens is 279 g/mol. The Hall–Kier alpha value is -0.390. The highest BCUT2D eigenvalue weighted by Gasteiger charge is 2.18. The van der Waals surface area contributed by atoms with Gasteiger partial charge in [-0.25, -0.2) is 9.97 Å². The highest BCUT2D eigenvalue weighted by Crippen LogP contribution is 2.29. The van der Waals surface area contributed by atoms with E-state index in [1.54, 1.807) is 0 Å². The van der Waals surface area contributed by atoms with Crippen molar-refractivity contribution in [2.75, 3.05) is 37.9 Å². The molecule has 1 aliphatic rings. The van der Waals surface area contributed by atoms with Gasteiger partial charge in [-0.2, -0.15) is 0 Å². The Balaban J connectivity index is 2.89. The predicted molar refractivity (Wildman–Crippen MR) is 64.5 cm³/mol. The van der Waals surface area contributed by atoms with Crippen molar-refractivity contribution in [3.05, 3.63) is 15.9 Å². The van der Waals surface area contributed by atoms with Crippen molar-refractivity contribution in [3.8, 4) is 0 Å². The lowest BCUT2D eigenvalue weighted by Gasteiger charge is -2.33. The van der Waals surface area contributed by atoms with Crippen LogP contribution in [0.2, 0.25) is 5.15 Å². The summed E-state index contributed by atoms with van der Waals surface area (Å²) in [6, 6.07) is 0. The maximum Gasteiger partial charge on any atom is 0.148 e. The Labute approximate surface area is 119 Å². The summed E-state index contributed by atoms with van der Waals surface area (Å²) in [5, 5.41) is -0.420. The molecule has 0 unspecified atom stereocenters. The second-order valence-electron chi connectivity index (χ2n) is 2.37. The number of halogens is 2. The third-order valence-corrected chi connectivity index (χ3v) is 2.67. The number of likely N-dealkylation sites (N-methyl/N-ethyl adjacent to an activating group) is 1. The van der Waals surface area contributed by atoms with Gasteiger partial charge in [-0.15, -0.1) is 0 Å². The fraction of sp³-hybridized carbons (Fsp3) is 0.556. The van der Waals surface area contributed by atoms with Crippen molar-refractivity contribution in [1.82, 2.24) is 14.9 Å². The number of rotatable bonds is 1. The van der Waals surface area contributed by atoms with Gasteiger partial charge in [0.25, 0.3) is 0 Å². The van der Waals surface area contributed by atoms with Crippen molar-refractivity contribution in [1.29, 1.82) is 0 Å². The summed E-state index contributed by atoms with van der Waals surface area (Å²) in [5.74, 6) is -0.743. The SMILES string of the molecule is [2H]c1nc(Cl)c(Br)c(N2C([2H])([2H])C([2H])([2H])N(C([2H])([2H])[2H])C([2H])([2H])C2([2H])[2H])n1. The van der Waals surface area contributed by atoms with Crippen LogP contribution in [0.1, 0.15) is 16.4 Å². The summed E-state index contributed by atoms with van der Waals surface area (Å²) in [7, 11) is 0. The molecule has 0 saturated carbocycles. The van der Waals surface area contributed by atoms with Gasteiger partial charge in [0.05, 0.1) is 9.96 Å². The van der Waals surface area contributed by atoms with Crippen molar-refractivity contribution >= 4 is 33.3 Å². The van der Waals surface area contributed by atoms with Crippen LogP contribution in [0.3, 0.4) is 0 Å². The zero-order valence-electron chi connectivity index (χ0n) is 19.0. The first kappa shape index (κ1) is 3.55. The summed E-state index contributed by atoms with van der Waals surface area (Å²) in [6.45, 7) is -17.5. The molecule has 4 nitrogen and oxygen atoms in total. The highest BCUT2D eigenvalue weighted by molar-refractivity contribution is 9.10. The molecule has 0 aromatic carbocycles. The van der Waals surface area contributed by atoms with Crippen LogP contribution in [-0.2, 0) is 0 Å². The Morgan fingerprint density at radius 2 is 2.27 bits per heavy atom. The molecule has 0 aliphatic carbocycles. The van der Waals surface area contributed by atoms with Crippen LogP contribution in [-0.4, -0.2) is 47.8 Å². The lowest BCUT2D eigenvalue weighted by Crippen LogP contribution is -2.45. The normalized spacial score (nSPS) is 44.3. The van der Waals surface area contributed by atoms with Crippen LogP contribution >= 0.6 is 27.5 Å². The first-order valence-corrected chi connectivity index (χ1v) is 4.78. The predicted octanol–water partition coefficient (Wildman–Crippen LogP) is 1.64. The molecule has 1 aromatic heterocycles. The smallest absolute Gasteiger partial charge is 0.148 e. The van der Waals surface area contributed by atoms with Crippen LogP contribution in [0.15, 0.2) is 10.8 Å². The molecular formula is C9H12BrClN4. The molecule has 0 spiro atoms. The van der Waals surface area contributed by atoms with E-state index in [0.717, 1.165) is 0 Å². The van der Waals surface area contributed by atoms with Gasteiger partial charge in [0.1, 0.15) is 18.6 Å². The summed E-state index contributed by atoms with van der Waals surface area (Å²) in [5.41, 5.74) is 0. The molecule has 1 aromatic rings. The molecule has 15 heavy (non-hydrogen) atoms. The minimum atomic E-state index is -3.55. The van der Waals surface area contributed by atoms with E-state index in [4.69, 9.17) is 28.1 Å². The molecule has 6 heteroatoms. The Morgan fingerprint density at radius 1 is 1.53 bits per heavy atom. The third kappa shape index (κ3) is 2.41. The lowest BCUT2D eigenvalue weighted by molar-refractivity contribution is 0.312. The molecule has 2 heterocycles. The number of piperazine rings is 1. The minimum absolute atomic E-state index is 0.00206. The second-order valence-corrected chi connectivity index (χ2v) is 3.52. The van der Waals surface area contributed by atoms with E-state index >= 15 is 0 Å². The van der Waals surface area contributed by atoms with Crippen molar-refractivity contribution in [2.24, 2.45) is 0 Å². The van der Waals surface area contributed by atoms with Gasteiger partial charge in [-0.3, -0.25) is 0 Å². The Bertz CT molecular complexity index is 740. The van der Waals surface area contributed by atoms with Gasteiger partial charge in [0, 0.05) is 35.6 Å². The van der Waals surface area contributed by atoms with E-state index in [1.165, 1.54) is 0 Å². The molecule has 1 saturated heterocycles. The second kappa shape index (κ2) is 4.63. The average molecular weight is 304 g/mol. The van der Waals surface area contributed by atoms with Gasteiger partial charge in [0.15, 0.2) is 0 Å². The molecule has 0 atom stereocenters. The van der Waals surface area contributed by atoms with E-state index < -0.39 is 55.1 Å². The number of hydrogen-bond donors (Lipinski definition) is 0. The quantitative estimate of drug-likeness (QED) is 0.739. The molecule has 0 N–H and O–H groups in total. The molecule has 1 aliphatic heterocycles. The number of nitrogens with zero attached hydrogens (tertiary/aromatic N) is 4. The van der Waals surface area contributed by atoms with E-state index in [-0.39, 0.29) is 9.37 Å². The summed E-state index contributed by atoms with van der Waals surface area (Å²) < 4.78 is 94.0. The minimum Gasteiger partial charge on any atom is -0.353 e. The van der Waals surface area contributed by atoms with Crippen molar-refractivity contribution in [3.63, 3.8) is 0 Å². The van der Waals surface area contributed by atoms with Gasteiger partial charge < -0.3 is 9.80 Å². The number of aromatic nitrogens is 2. The zero-order valence-corrected chi connectivity index (χ0v) is 9.39. The van der Waals surface area contributed by atoms with Crippen LogP contribution in [0.5, 0.6) is 0 Å². The van der Waals surface area contributed by atoms with Gasteiger partial charge in [0.2, 0.25) is 0 Å². The first-order valence-electron chi connectivity index (χ1n) is 9.61. The highest BCUT2D eigenvalue weighted by atomic mass is 79.9. The standard InChI is InChI=1S/C9H12BrClN4/c1-14-2-4-15(5-3-14)9-7(10)8(11)12-6-13-9/h6H,2-5H2,1H3/i1D3,2D2,3D2,4D2,5D2,6D. The van der Waals surface area contributed by atoms with Crippen molar-refractivity contribution < 1.29 is 16.4 Å².